The molecule has 0 saturated heterocycles. The minimum atomic E-state index is -0.627. The van der Waals surface area contributed by atoms with E-state index in [4.69, 9.17) is 4.74 Å². The summed E-state index contributed by atoms with van der Waals surface area (Å²) < 4.78 is 9.60. The highest BCUT2D eigenvalue weighted by Gasteiger charge is 2.08. The van der Waals surface area contributed by atoms with Crippen LogP contribution in [-0.4, -0.2) is 38.4 Å². The molecule has 1 rings (SSSR count). The normalized spacial score (nSPS) is 11.9. The van der Waals surface area contributed by atoms with Crippen LogP contribution < -0.4 is 10.1 Å². The summed E-state index contributed by atoms with van der Waals surface area (Å²) in [5.41, 5.74) is 0.778. The maximum absolute atomic E-state index is 10.9. The molecule has 0 aromatic heterocycles. The lowest BCUT2D eigenvalue weighted by atomic mass is 10.1. The van der Waals surface area contributed by atoms with Gasteiger partial charge in [-0.2, -0.15) is 0 Å². The molecule has 0 fully saturated rings. The molecule has 5 nitrogen and oxygen atoms in total. The second-order valence-corrected chi connectivity index (χ2v) is 3.82. The van der Waals surface area contributed by atoms with Gasteiger partial charge in [0, 0.05) is 13.1 Å². The maximum Gasteiger partial charge on any atom is 0.306 e. The standard InChI is InChI=1S/C13H19NO4/c1-17-11-5-3-4-10(8-11)12(15)9-14-7-6-13(16)18-2/h3-5,8,12,14-15H,6-7,9H2,1-2H3. The Labute approximate surface area is 107 Å². The molecule has 0 heterocycles. The molecule has 0 saturated carbocycles. The van der Waals surface area contributed by atoms with Crippen molar-refractivity contribution in [1.82, 2.24) is 5.32 Å². The predicted octanol–water partition coefficient (Wildman–Crippen LogP) is 0.881. The molecule has 100 valence electrons. The van der Waals surface area contributed by atoms with E-state index in [9.17, 15) is 9.90 Å². The number of carbonyl (C=O) groups excluding carboxylic acids is 1. The van der Waals surface area contributed by atoms with Crippen molar-refractivity contribution in [2.45, 2.75) is 12.5 Å². The van der Waals surface area contributed by atoms with Gasteiger partial charge in [-0.15, -0.1) is 0 Å². The fourth-order valence-electron chi connectivity index (χ4n) is 1.50. The van der Waals surface area contributed by atoms with Gasteiger partial charge in [-0.1, -0.05) is 12.1 Å². The molecular weight excluding hydrogens is 234 g/mol. The number of aliphatic hydroxyl groups is 1. The van der Waals surface area contributed by atoms with E-state index < -0.39 is 6.10 Å². The van der Waals surface area contributed by atoms with Crippen molar-refractivity contribution >= 4 is 5.97 Å². The number of methoxy groups -OCH3 is 2. The van der Waals surface area contributed by atoms with Crippen LogP contribution in [0.3, 0.4) is 0 Å². The zero-order valence-corrected chi connectivity index (χ0v) is 10.7. The van der Waals surface area contributed by atoms with Gasteiger partial charge in [0.25, 0.3) is 0 Å². The summed E-state index contributed by atoms with van der Waals surface area (Å²) in [4.78, 5) is 10.9. The first-order chi connectivity index (χ1) is 8.67. The Kier molecular flexibility index (Phi) is 6.18. The number of hydrogen-bond donors (Lipinski definition) is 2. The smallest absolute Gasteiger partial charge is 0.306 e. The van der Waals surface area contributed by atoms with Gasteiger partial charge in [0.1, 0.15) is 5.75 Å². The topological polar surface area (TPSA) is 67.8 Å². The van der Waals surface area contributed by atoms with Gasteiger partial charge < -0.3 is 19.9 Å². The number of esters is 1. The Morgan fingerprint density at radius 3 is 2.89 bits per heavy atom. The number of carbonyl (C=O) groups is 1. The van der Waals surface area contributed by atoms with E-state index in [0.717, 1.165) is 5.56 Å². The van der Waals surface area contributed by atoms with Crippen molar-refractivity contribution in [3.8, 4) is 5.75 Å². The molecule has 2 N–H and O–H groups in total. The fraction of sp³-hybridized carbons (Fsp3) is 0.462. The summed E-state index contributed by atoms with van der Waals surface area (Å²) in [5.74, 6) is 0.444. The minimum absolute atomic E-state index is 0.265. The van der Waals surface area contributed by atoms with Crippen LogP contribution in [0, 0.1) is 0 Å². The minimum Gasteiger partial charge on any atom is -0.497 e. The summed E-state index contributed by atoms with van der Waals surface area (Å²) in [6, 6.07) is 7.26. The summed E-state index contributed by atoms with van der Waals surface area (Å²) in [6.45, 7) is 0.859. The van der Waals surface area contributed by atoms with Gasteiger partial charge in [-0.3, -0.25) is 4.79 Å². The number of benzene rings is 1. The fourth-order valence-corrected chi connectivity index (χ4v) is 1.50. The van der Waals surface area contributed by atoms with Crippen LogP contribution >= 0.6 is 0 Å². The monoisotopic (exact) mass is 253 g/mol. The lowest BCUT2D eigenvalue weighted by molar-refractivity contribution is -0.140. The third-order valence-corrected chi connectivity index (χ3v) is 2.55. The molecule has 1 aromatic carbocycles. The molecule has 1 aromatic rings. The first-order valence-corrected chi connectivity index (χ1v) is 5.77. The van der Waals surface area contributed by atoms with Crippen molar-refractivity contribution in [2.75, 3.05) is 27.3 Å². The number of hydrogen-bond acceptors (Lipinski definition) is 5. The third-order valence-electron chi connectivity index (χ3n) is 2.55. The number of aliphatic hydroxyl groups excluding tert-OH is 1. The Hall–Kier alpha value is -1.59. The van der Waals surface area contributed by atoms with Gasteiger partial charge in [0.15, 0.2) is 0 Å². The second-order valence-electron chi connectivity index (χ2n) is 3.82. The number of rotatable bonds is 7. The quantitative estimate of drug-likeness (QED) is 0.558. The van der Waals surface area contributed by atoms with Crippen molar-refractivity contribution < 1.29 is 19.4 Å². The van der Waals surface area contributed by atoms with Gasteiger partial charge in [0.05, 0.1) is 26.7 Å². The largest absolute Gasteiger partial charge is 0.497 e. The molecule has 0 aliphatic rings. The van der Waals surface area contributed by atoms with Crippen LogP contribution in [0.2, 0.25) is 0 Å². The first kappa shape index (κ1) is 14.5. The van der Waals surface area contributed by atoms with Crippen molar-refractivity contribution in [1.29, 1.82) is 0 Å². The van der Waals surface area contributed by atoms with E-state index in [1.165, 1.54) is 7.11 Å². The van der Waals surface area contributed by atoms with Gasteiger partial charge in [-0.05, 0) is 17.7 Å². The number of ether oxygens (including phenoxy) is 2. The van der Waals surface area contributed by atoms with E-state index in [2.05, 4.69) is 10.1 Å². The van der Waals surface area contributed by atoms with Crippen LogP contribution in [0.5, 0.6) is 5.75 Å². The highest BCUT2D eigenvalue weighted by Crippen LogP contribution is 2.18. The van der Waals surface area contributed by atoms with Crippen LogP contribution in [0.15, 0.2) is 24.3 Å². The molecule has 0 aliphatic carbocycles. The summed E-state index contributed by atoms with van der Waals surface area (Å²) in [5, 5.41) is 12.9. The Bertz CT molecular complexity index is 381. The maximum atomic E-state index is 10.9. The summed E-state index contributed by atoms with van der Waals surface area (Å²) >= 11 is 0. The Morgan fingerprint density at radius 2 is 2.22 bits per heavy atom. The molecule has 0 spiro atoms. The van der Waals surface area contributed by atoms with Crippen molar-refractivity contribution in [3.63, 3.8) is 0 Å². The number of nitrogens with one attached hydrogen (secondary N) is 1. The lowest BCUT2D eigenvalue weighted by Gasteiger charge is -2.12. The zero-order chi connectivity index (χ0) is 13.4. The summed E-state index contributed by atoms with van der Waals surface area (Å²) in [7, 11) is 2.94. The van der Waals surface area contributed by atoms with E-state index in [-0.39, 0.29) is 5.97 Å². The zero-order valence-electron chi connectivity index (χ0n) is 10.7. The molecule has 1 unspecified atom stereocenters. The molecular formula is C13H19NO4. The van der Waals surface area contributed by atoms with Crippen LogP contribution in [0.1, 0.15) is 18.1 Å². The lowest BCUT2D eigenvalue weighted by Crippen LogP contribution is -2.24. The molecule has 0 amide bonds. The van der Waals surface area contributed by atoms with E-state index in [1.807, 2.05) is 18.2 Å². The molecule has 0 bridgehead atoms. The predicted molar refractivity (Wildman–Crippen MR) is 67.5 cm³/mol. The Morgan fingerprint density at radius 1 is 1.44 bits per heavy atom. The van der Waals surface area contributed by atoms with Gasteiger partial charge in [-0.25, -0.2) is 0 Å². The molecule has 18 heavy (non-hydrogen) atoms. The van der Waals surface area contributed by atoms with Crippen LogP contribution in [-0.2, 0) is 9.53 Å². The molecule has 5 heteroatoms. The van der Waals surface area contributed by atoms with Crippen molar-refractivity contribution in [3.05, 3.63) is 29.8 Å². The van der Waals surface area contributed by atoms with Gasteiger partial charge >= 0.3 is 5.97 Å². The van der Waals surface area contributed by atoms with E-state index >= 15 is 0 Å². The Balaban J connectivity index is 2.35. The SMILES string of the molecule is COC(=O)CCNCC(O)c1cccc(OC)c1. The van der Waals surface area contributed by atoms with Gasteiger partial charge in [0.2, 0.25) is 0 Å². The second kappa shape index (κ2) is 7.68. The van der Waals surface area contributed by atoms with E-state index in [1.54, 1.807) is 13.2 Å². The first-order valence-electron chi connectivity index (χ1n) is 5.77. The molecule has 1 atom stereocenters. The van der Waals surface area contributed by atoms with E-state index in [0.29, 0.717) is 25.3 Å². The molecule has 0 aliphatic heterocycles. The molecule has 0 radical (unpaired) electrons. The van der Waals surface area contributed by atoms with Crippen LogP contribution in [0.25, 0.3) is 0 Å². The summed E-state index contributed by atoms with van der Waals surface area (Å²) in [6.07, 6.45) is -0.334. The average Bonchev–Trinajstić information content (AvgIpc) is 2.43. The van der Waals surface area contributed by atoms with Crippen LogP contribution in [0.4, 0.5) is 0 Å². The third kappa shape index (κ3) is 4.73. The highest BCUT2D eigenvalue weighted by molar-refractivity contribution is 5.69. The van der Waals surface area contributed by atoms with Crippen molar-refractivity contribution in [2.24, 2.45) is 0 Å². The average molecular weight is 253 g/mol. The highest BCUT2D eigenvalue weighted by atomic mass is 16.5.